The van der Waals surface area contributed by atoms with Gasteiger partial charge in [0, 0.05) is 19.8 Å². The van der Waals surface area contributed by atoms with Crippen LogP contribution in [0.3, 0.4) is 0 Å². The highest BCUT2D eigenvalue weighted by atomic mass is 19.4. The molecular weight excluding hydrogens is 379 g/mol. The third-order valence-corrected chi connectivity index (χ3v) is 3.62. The summed E-state index contributed by atoms with van der Waals surface area (Å²) in [5.74, 6) is -1.06. The number of alkyl halides is 3. The van der Waals surface area contributed by atoms with E-state index in [9.17, 15) is 18.0 Å². The van der Waals surface area contributed by atoms with Gasteiger partial charge in [-0.2, -0.15) is 4.98 Å². The number of ether oxygens (including phenoxy) is 1. The van der Waals surface area contributed by atoms with Crippen LogP contribution in [0.2, 0.25) is 0 Å². The molecule has 11 heteroatoms. The summed E-state index contributed by atoms with van der Waals surface area (Å²) >= 11 is 0. The predicted molar refractivity (Wildman–Crippen MR) is 91.3 cm³/mol. The molecule has 0 radical (unpaired) electrons. The first-order valence-corrected chi connectivity index (χ1v) is 7.88. The second-order valence-electron chi connectivity index (χ2n) is 5.74. The van der Waals surface area contributed by atoms with Gasteiger partial charge in [-0.05, 0) is 35.9 Å². The predicted octanol–water partition coefficient (Wildman–Crippen LogP) is 2.90. The van der Waals surface area contributed by atoms with E-state index in [1.807, 2.05) is 0 Å². The molecule has 8 nitrogen and oxygen atoms in total. The molecule has 28 heavy (non-hydrogen) atoms. The Balaban J connectivity index is 1.68. The quantitative estimate of drug-likeness (QED) is 0.688. The number of benzene rings is 1. The van der Waals surface area contributed by atoms with Crippen molar-refractivity contribution in [1.29, 1.82) is 0 Å². The monoisotopic (exact) mass is 393 g/mol. The van der Waals surface area contributed by atoms with E-state index in [0.717, 1.165) is 5.56 Å². The Bertz CT molecular complexity index is 955. The van der Waals surface area contributed by atoms with Gasteiger partial charge in [0.05, 0.1) is 5.69 Å². The summed E-state index contributed by atoms with van der Waals surface area (Å²) in [4.78, 5) is 20.6. The van der Waals surface area contributed by atoms with Gasteiger partial charge in [0.25, 0.3) is 0 Å². The number of carboxylic acids is 1. The van der Waals surface area contributed by atoms with Gasteiger partial charge in [0.1, 0.15) is 17.8 Å². The Morgan fingerprint density at radius 1 is 1.18 bits per heavy atom. The smallest absolute Gasteiger partial charge is 0.477 e. The zero-order valence-electron chi connectivity index (χ0n) is 14.5. The molecule has 3 rings (SSSR count). The Kier molecular flexibility index (Phi) is 5.16. The van der Waals surface area contributed by atoms with Crippen LogP contribution in [-0.4, -0.2) is 44.2 Å². The van der Waals surface area contributed by atoms with Crippen molar-refractivity contribution in [2.45, 2.75) is 12.9 Å². The van der Waals surface area contributed by atoms with Crippen molar-refractivity contribution in [2.24, 2.45) is 0 Å². The van der Waals surface area contributed by atoms with Crippen LogP contribution in [0.4, 0.5) is 19.1 Å². The number of nitrogens with zero attached hydrogens (tertiary/aromatic N) is 5. The molecule has 0 aliphatic heterocycles. The van der Waals surface area contributed by atoms with Crippen LogP contribution < -0.4 is 9.64 Å². The zero-order valence-corrected chi connectivity index (χ0v) is 14.5. The molecule has 0 aliphatic rings. The second kappa shape index (κ2) is 7.55. The van der Waals surface area contributed by atoms with Gasteiger partial charge in [-0.25, -0.2) is 14.5 Å². The van der Waals surface area contributed by atoms with Crippen LogP contribution in [0, 0.1) is 0 Å². The third kappa shape index (κ3) is 4.75. The van der Waals surface area contributed by atoms with E-state index in [1.165, 1.54) is 47.5 Å². The van der Waals surface area contributed by atoms with Crippen molar-refractivity contribution in [3.8, 4) is 11.4 Å². The first kappa shape index (κ1) is 19.1. The van der Waals surface area contributed by atoms with Crippen LogP contribution in [0.1, 0.15) is 16.1 Å². The summed E-state index contributed by atoms with van der Waals surface area (Å²) in [6, 6.07) is 8.26. The van der Waals surface area contributed by atoms with Crippen LogP contribution in [0.5, 0.6) is 5.75 Å². The number of anilines is 1. The second-order valence-corrected chi connectivity index (χ2v) is 5.74. The molecule has 3 aromatic rings. The fourth-order valence-corrected chi connectivity index (χ4v) is 2.34. The first-order valence-electron chi connectivity index (χ1n) is 7.88. The molecule has 0 saturated heterocycles. The van der Waals surface area contributed by atoms with Crippen molar-refractivity contribution >= 4 is 11.9 Å². The fraction of sp³-hybridized carbons (Fsp3) is 0.176. The molecule has 2 heterocycles. The minimum absolute atomic E-state index is 0.0493. The molecule has 0 amide bonds. The lowest BCUT2D eigenvalue weighted by molar-refractivity contribution is -0.274. The lowest BCUT2D eigenvalue weighted by atomic mass is 10.2. The molecule has 0 spiro atoms. The number of hydrogen-bond donors (Lipinski definition) is 1. The van der Waals surface area contributed by atoms with Gasteiger partial charge in [0.15, 0.2) is 0 Å². The Hall–Kier alpha value is -3.63. The minimum Gasteiger partial charge on any atom is -0.477 e. The summed E-state index contributed by atoms with van der Waals surface area (Å²) in [7, 11) is 1.74. The maximum absolute atomic E-state index is 12.2. The topological polar surface area (TPSA) is 93.4 Å². The number of hydrogen-bond acceptors (Lipinski definition) is 6. The van der Waals surface area contributed by atoms with E-state index in [-0.39, 0.29) is 11.4 Å². The van der Waals surface area contributed by atoms with E-state index < -0.39 is 12.3 Å². The van der Waals surface area contributed by atoms with E-state index in [1.54, 1.807) is 18.0 Å². The molecule has 0 atom stereocenters. The van der Waals surface area contributed by atoms with E-state index in [2.05, 4.69) is 19.8 Å². The summed E-state index contributed by atoms with van der Waals surface area (Å²) in [5, 5.41) is 13.1. The highest BCUT2D eigenvalue weighted by molar-refractivity contribution is 5.85. The average molecular weight is 393 g/mol. The van der Waals surface area contributed by atoms with Gasteiger partial charge < -0.3 is 14.7 Å². The third-order valence-electron chi connectivity index (χ3n) is 3.62. The normalized spacial score (nSPS) is 11.3. The van der Waals surface area contributed by atoms with Crippen LogP contribution in [0.25, 0.3) is 5.69 Å². The van der Waals surface area contributed by atoms with Gasteiger partial charge in [-0.15, -0.1) is 18.3 Å². The number of aromatic nitrogens is 4. The fourth-order valence-electron chi connectivity index (χ4n) is 2.34. The Labute approximate surface area is 156 Å². The average Bonchev–Trinajstić information content (AvgIpc) is 3.12. The van der Waals surface area contributed by atoms with Gasteiger partial charge in [0.2, 0.25) is 5.95 Å². The van der Waals surface area contributed by atoms with E-state index in [0.29, 0.717) is 18.2 Å². The number of carboxylic acid groups (broad SMARTS) is 1. The van der Waals surface area contributed by atoms with Crippen LogP contribution in [-0.2, 0) is 6.54 Å². The summed E-state index contributed by atoms with van der Waals surface area (Å²) in [6.45, 7) is 0.384. The number of halogens is 3. The van der Waals surface area contributed by atoms with Crippen molar-refractivity contribution in [2.75, 3.05) is 11.9 Å². The molecular formula is C17H14F3N5O3. The molecule has 0 fully saturated rings. The van der Waals surface area contributed by atoms with Gasteiger partial charge in [-0.3, -0.25) is 0 Å². The van der Waals surface area contributed by atoms with Crippen molar-refractivity contribution in [3.63, 3.8) is 0 Å². The Morgan fingerprint density at radius 3 is 2.46 bits per heavy atom. The maximum atomic E-state index is 12.2. The lowest BCUT2D eigenvalue weighted by Crippen LogP contribution is -2.18. The highest BCUT2D eigenvalue weighted by Crippen LogP contribution is 2.23. The lowest BCUT2D eigenvalue weighted by Gasteiger charge is -2.14. The van der Waals surface area contributed by atoms with Crippen molar-refractivity contribution < 1.29 is 27.8 Å². The van der Waals surface area contributed by atoms with Gasteiger partial charge in [-0.1, -0.05) is 6.07 Å². The molecule has 146 valence electrons. The standard InChI is InChI=1S/C17H14F3N5O3/c1-24(9-11-2-7-14(15(26)27)21-8-11)16-22-10-25(23-16)12-3-5-13(6-4-12)28-17(18,19)20/h2-8,10H,9H2,1H3,(H,26,27). The summed E-state index contributed by atoms with van der Waals surface area (Å²) < 4.78 is 41.9. The molecule has 0 aliphatic carbocycles. The number of aromatic carboxylic acids is 1. The van der Waals surface area contributed by atoms with E-state index in [4.69, 9.17) is 5.11 Å². The Morgan fingerprint density at radius 2 is 1.89 bits per heavy atom. The number of rotatable bonds is 6. The van der Waals surface area contributed by atoms with E-state index >= 15 is 0 Å². The minimum atomic E-state index is -4.75. The van der Waals surface area contributed by atoms with Crippen LogP contribution in [0.15, 0.2) is 48.9 Å². The largest absolute Gasteiger partial charge is 0.573 e. The van der Waals surface area contributed by atoms with Crippen molar-refractivity contribution in [3.05, 3.63) is 60.2 Å². The summed E-state index contributed by atoms with van der Waals surface area (Å²) in [6.07, 6.45) is -1.87. The SMILES string of the molecule is CN(Cc1ccc(C(=O)O)nc1)c1ncn(-c2ccc(OC(F)(F)F)cc2)n1. The molecule has 1 N–H and O–H groups in total. The molecule has 1 aromatic carbocycles. The number of pyridine rings is 1. The van der Waals surface area contributed by atoms with Crippen LogP contribution >= 0.6 is 0 Å². The first-order chi connectivity index (χ1) is 13.2. The molecule has 0 bridgehead atoms. The maximum Gasteiger partial charge on any atom is 0.573 e. The zero-order chi connectivity index (χ0) is 20.3. The summed E-state index contributed by atoms with van der Waals surface area (Å²) in [5.41, 5.74) is 1.22. The molecule has 2 aromatic heterocycles. The molecule has 0 saturated carbocycles. The van der Waals surface area contributed by atoms with Gasteiger partial charge >= 0.3 is 12.3 Å². The van der Waals surface area contributed by atoms with Crippen molar-refractivity contribution in [1.82, 2.24) is 19.7 Å². The number of carbonyl (C=O) groups is 1. The highest BCUT2D eigenvalue weighted by Gasteiger charge is 2.31. The molecule has 0 unspecified atom stereocenters.